The van der Waals surface area contributed by atoms with Gasteiger partial charge in [0.25, 0.3) is 0 Å². The van der Waals surface area contributed by atoms with Crippen LogP contribution in [0.25, 0.3) is 10.9 Å². The number of para-hydroxylation sites is 1. The number of rotatable bonds is 7. The number of hydrogen-bond donors (Lipinski definition) is 3. The van der Waals surface area contributed by atoms with Crippen molar-refractivity contribution in [3.8, 4) is 0 Å². The predicted molar refractivity (Wildman–Crippen MR) is 93.4 cm³/mol. The van der Waals surface area contributed by atoms with Crippen LogP contribution >= 0.6 is 0 Å². The maximum absolute atomic E-state index is 12.3. The van der Waals surface area contributed by atoms with Crippen molar-refractivity contribution in [1.29, 1.82) is 0 Å². The molecule has 0 fully saturated rings. The normalized spacial score (nSPS) is 14.8. The van der Waals surface area contributed by atoms with Crippen molar-refractivity contribution in [1.82, 2.24) is 10.3 Å². The molecule has 0 saturated carbocycles. The van der Waals surface area contributed by atoms with Gasteiger partial charge in [0.05, 0.1) is 13.2 Å². The summed E-state index contributed by atoms with van der Waals surface area (Å²) >= 11 is 0. The molecule has 2 aromatic rings. The lowest BCUT2D eigenvalue weighted by Crippen LogP contribution is -2.51. The summed E-state index contributed by atoms with van der Waals surface area (Å²) in [5, 5.41) is 3.75. The SMILES string of the molecule is CCC(C)[C@H](N)C(=O)N[C@@H](Cc1c[nH]c2ccccc12)C(=O)OC. The number of aromatic nitrogens is 1. The number of carbonyl (C=O) groups is 2. The minimum atomic E-state index is -0.767. The van der Waals surface area contributed by atoms with Gasteiger partial charge in [-0.3, -0.25) is 4.79 Å². The van der Waals surface area contributed by atoms with Crippen LogP contribution in [0.1, 0.15) is 25.8 Å². The van der Waals surface area contributed by atoms with Crippen LogP contribution in [0.2, 0.25) is 0 Å². The number of esters is 1. The molecule has 6 nitrogen and oxygen atoms in total. The van der Waals surface area contributed by atoms with Gasteiger partial charge in [0, 0.05) is 23.5 Å². The number of H-pyrrole nitrogens is 1. The molecule has 0 aliphatic carbocycles. The average molecular weight is 331 g/mol. The molecule has 0 radical (unpaired) electrons. The topological polar surface area (TPSA) is 97.2 Å². The molecule has 6 heteroatoms. The van der Waals surface area contributed by atoms with Crippen LogP contribution in [0, 0.1) is 5.92 Å². The molecule has 1 heterocycles. The van der Waals surface area contributed by atoms with Crippen molar-refractivity contribution in [3.63, 3.8) is 0 Å². The van der Waals surface area contributed by atoms with E-state index in [1.165, 1.54) is 7.11 Å². The Hall–Kier alpha value is -2.34. The van der Waals surface area contributed by atoms with Crippen LogP contribution in [-0.2, 0) is 20.7 Å². The lowest BCUT2D eigenvalue weighted by Gasteiger charge is -2.22. The molecule has 1 aromatic heterocycles. The summed E-state index contributed by atoms with van der Waals surface area (Å²) in [6.45, 7) is 3.89. The number of ether oxygens (including phenoxy) is 1. The molecule has 24 heavy (non-hydrogen) atoms. The lowest BCUT2D eigenvalue weighted by atomic mass is 9.98. The summed E-state index contributed by atoms with van der Waals surface area (Å²) in [6.07, 6.45) is 2.98. The minimum absolute atomic E-state index is 0.0383. The van der Waals surface area contributed by atoms with Gasteiger partial charge in [0.15, 0.2) is 0 Å². The first-order chi connectivity index (χ1) is 11.5. The van der Waals surface area contributed by atoms with Gasteiger partial charge < -0.3 is 20.8 Å². The van der Waals surface area contributed by atoms with E-state index in [1.54, 1.807) is 0 Å². The number of carbonyl (C=O) groups excluding carboxylic acids is 2. The first-order valence-electron chi connectivity index (χ1n) is 8.16. The fourth-order valence-corrected chi connectivity index (χ4v) is 2.64. The zero-order valence-electron chi connectivity index (χ0n) is 14.3. The van der Waals surface area contributed by atoms with Gasteiger partial charge >= 0.3 is 5.97 Å². The third kappa shape index (κ3) is 3.94. The van der Waals surface area contributed by atoms with Gasteiger partial charge in [0.2, 0.25) is 5.91 Å². The second kappa shape index (κ2) is 7.97. The van der Waals surface area contributed by atoms with E-state index in [-0.39, 0.29) is 11.8 Å². The van der Waals surface area contributed by atoms with Crippen LogP contribution < -0.4 is 11.1 Å². The van der Waals surface area contributed by atoms with Crippen LogP contribution in [0.3, 0.4) is 0 Å². The molecular formula is C18H25N3O3. The quantitative estimate of drug-likeness (QED) is 0.673. The molecule has 0 aliphatic rings. The van der Waals surface area contributed by atoms with Crippen LogP contribution in [0.4, 0.5) is 0 Å². The zero-order chi connectivity index (χ0) is 17.7. The minimum Gasteiger partial charge on any atom is -0.467 e. The summed E-state index contributed by atoms with van der Waals surface area (Å²) < 4.78 is 4.84. The van der Waals surface area contributed by atoms with Gasteiger partial charge in [0.1, 0.15) is 6.04 Å². The number of nitrogens with one attached hydrogen (secondary N) is 2. The zero-order valence-corrected chi connectivity index (χ0v) is 14.3. The van der Waals surface area contributed by atoms with Gasteiger partial charge in [-0.2, -0.15) is 0 Å². The number of hydrogen-bond acceptors (Lipinski definition) is 4. The maximum Gasteiger partial charge on any atom is 0.328 e. The summed E-state index contributed by atoms with van der Waals surface area (Å²) in [7, 11) is 1.31. The fraction of sp³-hybridized carbons (Fsp3) is 0.444. The average Bonchev–Trinajstić information content (AvgIpc) is 3.02. The van der Waals surface area contributed by atoms with E-state index in [1.807, 2.05) is 44.3 Å². The Balaban J connectivity index is 2.17. The van der Waals surface area contributed by atoms with Crippen LogP contribution in [-0.4, -0.2) is 36.1 Å². The second-order valence-corrected chi connectivity index (χ2v) is 6.06. The molecule has 1 amide bonds. The highest BCUT2D eigenvalue weighted by molar-refractivity contribution is 5.89. The van der Waals surface area contributed by atoms with Crippen molar-refractivity contribution >= 4 is 22.8 Å². The Morgan fingerprint density at radius 3 is 2.71 bits per heavy atom. The molecule has 1 aromatic carbocycles. The van der Waals surface area contributed by atoms with E-state index in [2.05, 4.69) is 10.3 Å². The van der Waals surface area contributed by atoms with Gasteiger partial charge in [-0.1, -0.05) is 38.5 Å². The predicted octanol–water partition coefficient (Wildman–Crippen LogP) is 1.74. The van der Waals surface area contributed by atoms with E-state index in [9.17, 15) is 9.59 Å². The Morgan fingerprint density at radius 2 is 2.04 bits per heavy atom. The number of fused-ring (bicyclic) bond motifs is 1. The number of benzene rings is 1. The summed E-state index contributed by atoms with van der Waals surface area (Å²) in [4.78, 5) is 27.6. The molecular weight excluding hydrogens is 306 g/mol. The van der Waals surface area contributed by atoms with E-state index in [0.717, 1.165) is 22.9 Å². The summed E-state index contributed by atoms with van der Waals surface area (Å²) in [5.74, 6) is -0.777. The van der Waals surface area contributed by atoms with Crippen LogP contribution in [0.5, 0.6) is 0 Å². The smallest absolute Gasteiger partial charge is 0.328 e. The fourth-order valence-electron chi connectivity index (χ4n) is 2.64. The Bertz CT molecular complexity index is 710. The molecule has 2 rings (SSSR count). The molecule has 0 saturated heterocycles. The van der Waals surface area contributed by atoms with Gasteiger partial charge in [-0.05, 0) is 17.5 Å². The second-order valence-electron chi connectivity index (χ2n) is 6.06. The Labute approximate surface area is 141 Å². The molecule has 0 bridgehead atoms. The number of aromatic amines is 1. The number of amides is 1. The summed E-state index contributed by atoms with van der Waals surface area (Å²) in [5.41, 5.74) is 7.88. The van der Waals surface area contributed by atoms with Crippen molar-refractivity contribution in [2.45, 2.75) is 38.8 Å². The monoisotopic (exact) mass is 331 g/mol. The largest absolute Gasteiger partial charge is 0.467 e. The van der Waals surface area contributed by atoms with Gasteiger partial charge in [-0.15, -0.1) is 0 Å². The van der Waals surface area contributed by atoms with Crippen molar-refractivity contribution < 1.29 is 14.3 Å². The number of methoxy groups -OCH3 is 1. The summed E-state index contributed by atoms with van der Waals surface area (Å²) in [6, 6.07) is 6.39. The van der Waals surface area contributed by atoms with Gasteiger partial charge in [-0.25, -0.2) is 4.79 Å². The van der Waals surface area contributed by atoms with E-state index in [4.69, 9.17) is 10.5 Å². The highest BCUT2D eigenvalue weighted by Crippen LogP contribution is 2.19. The third-order valence-corrected chi connectivity index (χ3v) is 4.46. The van der Waals surface area contributed by atoms with Crippen molar-refractivity contribution in [2.24, 2.45) is 11.7 Å². The molecule has 1 unspecified atom stereocenters. The van der Waals surface area contributed by atoms with Crippen molar-refractivity contribution in [2.75, 3.05) is 7.11 Å². The molecule has 0 spiro atoms. The van der Waals surface area contributed by atoms with E-state index < -0.39 is 18.1 Å². The van der Waals surface area contributed by atoms with E-state index in [0.29, 0.717) is 6.42 Å². The first kappa shape index (κ1) is 18.0. The highest BCUT2D eigenvalue weighted by Gasteiger charge is 2.27. The Morgan fingerprint density at radius 1 is 1.33 bits per heavy atom. The Kier molecular flexibility index (Phi) is 5.98. The molecule has 3 atom stereocenters. The van der Waals surface area contributed by atoms with Crippen LogP contribution in [0.15, 0.2) is 30.5 Å². The third-order valence-electron chi connectivity index (χ3n) is 4.46. The number of nitrogens with two attached hydrogens (primary N) is 1. The first-order valence-corrected chi connectivity index (χ1v) is 8.16. The molecule has 4 N–H and O–H groups in total. The molecule has 0 aliphatic heterocycles. The molecule has 130 valence electrons. The lowest BCUT2D eigenvalue weighted by molar-refractivity contribution is -0.145. The highest BCUT2D eigenvalue weighted by atomic mass is 16.5. The van der Waals surface area contributed by atoms with Crippen molar-refractivity contribution in [3.05, 3.63) is 36.0 Å². The van der Waals surface area contributed by atoms with E-state index >= 15 is 0 Å². The standard InChI is InChI=1S/C18H25N3O3/c1-4-11(2)16(19)17(22)21-15(18(23)24-3)9-12-10-20-14-8-6-5-7-13(12)14/h5-8,10-11,15-16,20H,4,9,19H2,1-3H3,(H,21,22)/t11?,15-,16-/m0/s1. The maximum atomic E-state index is 12.3.